The molecule has 1 heterocycles. The van der Waals surface area contributed by atoms with E-state index in [0.717, 1.165) is 16.7 Å². The summed E-state index contributed by atoms with van der Waals surface area (Å²) < 4.78 is 24.0. The van der Waals surface area contributed by atoms with Crippen LogP contribution in [0.15, 0.2) is 24.4 Å². The lowest BCUT2D eigenvalue weighted by Crippen LogP contribution is -2.41. The predicted octanol–water partition coefficient (Wildman–Crippen LogP) is 3.41. The lowest BCUT2D eigenvalue weighted by molar-refractivity contribution is -0.151. The van der Waals surface area contributed by atoms with Crippen molar-refractivity contribution in [3.63, 3.8) is 0 Å². The molecule has 0 aliphatic heterocycles. The van der Waals surface area contributed by atoms with Gasteiger partial charge in [-0.05, 0) is 56.5 Å². The lowest BCUT2D eigenvalue weighted by Gasteiger charge is -2.25. The Morgan fingerprint density at radius 2 is 1.77 bits per heavy atom. The largest absolute Gasteiger partial charge is 0.503 e. The number of amides is 1. The molecule has 0 spiro atoms. The molecule has 0 saturated heterocycles. The summed E-state index contributed by atoms with van der Waals surface area (Å²) in [7, 11) is 1.35. The molecule has 0 bridgehead atoms. The molecule has 1 aromatic carbocycles. The Morgan fingerprint density at radius 1 is 1.17 bits per heavy atom. The summed E-state index contributed by atoms with van der Waals surface area (Å²) in [6.45, 7) is 8.74. The minimum atomic E-state index is -0.977. The molecule has 1 aromatic heterocycles. The number of aromatic hydroxyl groups is 1. The van der Waals surface area contributed by atoms with Gasteiger partial charge < -0.3 is 19.9 Å². The van der Waals surface area contributed by atoms with Crippen LogP contribution in [-0.2, 0) is 9.53 Å². The van der Waals surface area contributed by atoms with Gasteiger partial charge >= 0.3 is 5.97 Å². The Labute approximate surface area is 175 Å². The molecule has 0 saturated carbocycles. The zero-order chi connectivity index (χ0) is 22.6. The Bertz CT molecular complexity index is 924. The molecule has 0 aliphatic rings. The summed E-state index contributed by atoms with van der Waals surface area (Å²) in [5.41, 5.74) is 2.22. The molecule has 3 atom stereocenters. The average Bonchev–Trinajstić information content (AvgIpc) is 2.66. The number of ether oxygens (including phenoxy) is 2. The van der Waals surface area contributed by atoms with Crippen LogP contribution >= 0.6 is 0 Å². The lowest BCUT2D eigenvalue weighted by atomic mass is 9.88. The van der Waals surface area contributed by atoms with Crippen LogP contribution in [0.1, 0.15) is 53.9 Å². The number of nitrogens with one attached hydrogen (secondary N) is 1. The van der Waals surface area contributed by atoms with Gasteiger partial charge in [-0.2, -0.15) is 0 Å². The Morgan fingerprint density at radius 3 is 2.33 bits per heavy atom. The van der Waals surface area contributed by atoms with Gasteiger partial charge in [0.25, 0.3) is 5.91 Å². The van der Waals surface area contributed by atoms with Crippen molar-refractivity contribution in [2.45, 2.75) is 52.7 Å². The van der Waals surface area contributed by atoms with Crippen LogP contribution in [0.25, 0.3) is 0 Å². The fourth-order valence-corrected chi connectivity index (χ4v) is 3.35. The summed E-state index contributed by atoms with van der Waals surface area (Å²) in [4.78, 5) is 28.7. The van der Waals surface area contributed by atoms with Crippen molar-refractivity contribution in [3.8, 4) is 11.5 Å². The van der Waals surface area contributed by atoms with E-state index in [-0.39, 0.29) is 23.2 Å². The molecule has 8 heteroatoms. The van der Waals surface area contributed by atoms with Gasteiger partial charge in [0, 0.05) is 18.2 Å². The van der Waals surface area contributed by atoms with Crippen molar-refractivity contribution < 1.29 is 28.6 Å². The smallest absolute Gasteiger partial charge is 0.328 e. The van der Waals surface area contributed by atoms with Gasteiger partial charge in [-0.3, -0.25) is 4.79 Å². The van der Waals surface area contributed by atoms with E-state index < -0.39 is 29.8 Å². The number of halogens is 1. The topological polar surface area (TPSA) is 97.8 Å². The number of methoxy groups -OCH3 is 1. The molecule has 2 aromatic rings. The second-order valence-electron chi connectivity index (χ2n) is 7.29. The number of aryl methyl sites for hydroxylation is 2. The van der Waals surface area contributed by atoms with Crippen LogP contribution in [0.2, 0.25) is 0 Å². The minimum Gasteiger partial charge on any atom is -0.503 e. The molecular weight excluding hydrogens is 391 g/mol. The molecule has 0 unspecified atom stereocenters. The van der Waals surface area contributed by atoms with Gasteiger partial charge in [0.15, 0.2) is 17.2 Å². The molecule has 0 aliphatic carbocycles. The standard InChI is InChI=1S/C22H27FN2O5/c1-11-9-16(23)10-12(2)18(11)13(3)15(5)30-22(28)14(4)25-21(27)19-20(26)17(29-6)7-8-24-19/h7-10,13-15,26H,1-6H3,(H,25,27)/t13-,14-,15+/m0/s1. The van der Waals surface area contributed by atoms with Crippen LogP contribution < -0.4 is 10.1 Å². The van der Waals surface area contributed by atoms with E-state index in [9.17, 15) is 19.1 Å². The molecular formula is C22H27FN2O5. The number of rotatable bonds is 7. The highest BCUT2D eigenvalue weighted by Crippen LogP contribution is 2.29. The van der Waals surface area contributed by atoms with E-state index in [4.69, 9.17) is 9.47 Å². The maximum atomic E-state index is 13.6. The highest BCUT2D eigenvalue weighted by atomic mass is 19.1. The van der Waals surface area contributed by atoms with Crippen molar-refractivity contribution in [3.05, 3.63) is 52.6 Å². The Kier molecular flexibility index (Phi) is 7.37. The molecule has 2 N–H and O–H groups in total. The van der Waals surface area contributed by atoms with E-state index in [2.05, 4.69) is 10.3 Å². The number of hydrogen-bond donors (Lipinski definition) is 2. The van der Waals surface area contributed by atoms with E-state index in [0.29, 0.717) is 0 Å². The molecule has 30 heavy (non-hydrogen) atoms. The second kappa shape index (κ2) is 9.56. The molecule has 1 amide bonds. The number of nitrogens with zero attached hydrogens (tertiary/aromatic N) is 1. The Hall–Kier alpha value is -3.16. The summed E-state index contributed by atoms with van der Waals surface area (Å²) in [6, 6.07) is 3.33. The molecule has 2 rings (SSSR count). The number of carbonyl (C=O) groups is 2. The van der Waals surface area contributed by atoms with E-state index in [1.54, 1.807) is 6.92 Å². The van der Waals surface area contributed by atoms with Crippen LogP contribution in [0, 0.1) is 19.7 Å². The van der Waals surface area contributed by atoms with E-state index >= 15 is 0 Å². The van der Waals surface area contributed by atoms with Gasteiger partial charge in [0.2, 0.25) is 0 Å². The third-order valence-corrected chi connectivity index (χ3v) is 5.04. The fourth-order valence-electron chi connectivity index (χ4n) is 3.35. The molecule has 162 valence electrons. The van der Waals surface area contributed by atoms with Gasteiger partial charge in [0.05, 0.1) is 7.11 Å². The van der Waals surface area contributed by atoms with Gasteiger partial charge in [-0.1, -0.05) is 6.92 Å². The van der Waals surface area contributed by atoms with Crippen molar-refractivity contribution >= 4 is 11.9 Å². The van der Waals surface area contributed by atoms with Crippen molar-refractivity contribution in [1.29, 1.82) is 0 Å². The second-order valence-corrected chi connectivity index (χ2v) is 7.29. The maximum Gasteiger partial charge on any atom is 0.328 e. The van der Waals surface area contributed by atoms with Crippen LogP contribution in [0.4, 0.5) is 4.39 Å². The van der Waals surface area contributed by atoms with Gasteiger partial charge in [0.1, 0.15) is 18.0 Å². The third kappa shape index (κ3) is 5.06. The quantitative estimate of drug-likeness (QED) is 0.669. The molecule has 7 nitrogen and oxygen atoms in total. The van der Waals surface area contributed by atoms with Gasteiger partial charge in [-0.15, -0.1) is 0 Å². The first-order chi connectivity index (χ1) is 14.1. The number of hydrogen-bond acceptors (Lipinski definition) is 6. The van der Waals surface area contributed by atoms with E-state index in [1.807, 2.05) is 20.8 Å². The molecule has 0 radical (unpaired) electrons. The van der Waals surface area contributed by atoms with Crippen LogP contribution in [-0.4, -0.2) is 41.2 Å². The highest BCUT2D eigenvalue weighted by Gasteiger charge is 2.27. The van der Waals surface area contributed by atoms with Crippen molar-refractivity contribution in [2.75, 3.05) is 7.11 Å². The number of pyridine rings is 1. The Balaban J connectivity index is 2.06. The van der Waals surface area contributed by atoms with E-state index in [1.165, 1.54) is 38.4 Å². The number of aromatic nitrogens is 1. The summed E-state index contributed by atoms with van der Waals surface area (Å²) in [6.07, 6.45) is 0.802. The normalized spacial score (nSPS) is 13.8. The number of esters is 1. The first-order valence-electron chi connectivity index (χ1n) is 9.56. The SMILES string of the molecule is COc1ccnc(C(=O)N[C@@H](C)C(=O)O[C@H](C)[C@H](C)c2c(C)cc(F)cc2C)c1O. The molecule has 0 fully saturated rings. The van der Waals surface area contributed by atoms with Crippen LogP contribution in [0.3, 0.4) is 0 Å². The first kappa shape index (κ1) is 23.1. The predicted molar refractivity (Wildman–Crippen MR) is 109 cm³/mol. The minimum absolute atomic E-state index is 0.0952. The monoisotopic (exact) mass is 418 g/mol. The first-order valence-corrected chi connectivity index (χ1v) is 9.56. The average molecular weight is 418 g/mol. The van der Waals surface area contributed by atoms with Crippen molar-refractivity contribution in [2.24, 2.45) is 0 Å². The summed E-state index contributed by atoms with van der Waals surface area (Å²) in [5, 5.41) is 12.5. The zero-order valence-electron chi connectivity index (χ0n) is 17.9. The third-order valence-electron chi connectivity index (χ3n) is 5.04. The van der Waals surface area contributed by atoms with Crippen molar-refractivity contribution in [1.82, 2.24) is 10.3 Å². The maximum absolute atomic E-state index is 13.6. The van der Waals surface area contributed by atoms with Crippen LogP contribution in [0.5, 0.6) is 11.5 Å². The zero-order valence-corrected chi connectivity index (χ0v) is 17.9. The highest BCUT2D eigenvalue weighted by molar-refractivity contribution is 5.97. The van der Waals surface area contributed by atoms with Gasteiger partial charge in [-0.25, -0.2) is 14.2 Å². The summed E-state index contributed by atoms with van der Waals surface area (Å²) in [5.74, 6) is -2.18. The number of benzene rings is 1. The summed E-state index contributed by atoms with van der Waals surface area (Å²) >= 11 is 0. The number of carbonyl (C=O) groups excluding carboxylic acids is 2. The fraction of sp³-hybridized carbons (Fsp3) is 0.409.